The fourth-order valence-corrected chi connectivity index (χ4v) is 1.85. The van der Waals surface area contributed by atoms with Gasteiger partial charge in [0.25, 0.3) is 5.91 Å². The Balaban J connectivity index is 2.10. The monoisotopic (exact) mass is 285 g/mol. The highest BCUT2D eigenvalue weighted by Gasteiger charge is 2.13. The van der Waals surface area contributed by atoms with Gasteiger partial charge in [0.05, 0.1) is 0 Å². The number of carbonyl (C=O) groups excluding carboxylic acids is 1. The van der Waals surface area contributed by atoms with Gasteiger partial charge in [-0.25, -0.2) is 0 Å². The second kappa shape index (κ2) is 5.87. The number of allylic oxidation sites excluding steroid dienone is 1. The quantitative estimate of drug-likeness (QED) is 0.849. The van der Waals surface area contributed by atoms with Gasteiger partial charge in [-0.2, -0.15) is 4.98 Å². The summed E-state index contributed by atoms with van der Waals surface area (Å²) in [6, 6.07) is 5.50. The van der Waals surface area contributed by atoms with E-state index in [0.29, 0.717) is 17.1 Å². The second-order valence-electron chi connectivity index (χ2n) is 5.87. The average Bonchev–Trinajstić information content (AvgIpc) is 2.86. The van der Waals surface area contributed by atoms with Gasteiger partial charge in [0, 0.05) is 11.8 Å². The van der Waals surface area contributed by atoms with Crippen molar-refractivity contribution >= 4 is 11.9 Å². The molecule has 110 valence electrons. The van der Waals surface area contributed by atoms with E-state index in [9.17, 15) is 4.79 Å². The largest absolute Gasteiger partial charge is 0.289 e. The molecule has 0 aliphatic heterocycles. The van der Waals surface area contributed by atoms with Crippen LogP contribution in [0.15, 0.2) is 36.0 Å². The van der Waals surface area contributed by atoms with Crippen LogP contribution in [0.25, 0.3) is 11.5 Å². The van der Waals surface area contributed by atoms with E-state index in [2.05, 4.69) is 25.5 Å². The molecule has 0 fully saturated rings. The number of nitrogens with zero attached hydrogens (tertiary/aromatic N) is 3. The molecule has 6 nitrogen and oxygen atoms in total. The first-order chi connectivity index (χ1) is 9.85. The predicted octanol–water partition coefficient (Wildman–Crippen LogP) is 2.80. The van der Waals surface area contributed by atoms with Crippen LogP contribution in [0.4, 0.5) is 5.95 Å². The molecule has 21 heavy (non-hydrogen) atoms. The third-order valence-corrected chi connectivity index (χ3v) is 2.63. The number of hydrogen-bond donors (Lipinski definition) is 2. The van der Waals surface area contributed by atoms with Gasteiger partial charge in [-0.1, -0.05) is 32.9 Å². The third kappa shape index (κ3) is 4.24. The summed E-state index contributed by atoms with van der Waals surface area (Å²) < 4.78 is 0. The normalized spacial score (nSPS) is 12.3. The molecule has 0 saturated heterocycles. The topological polar surface area (TPSA) is 83.6 Å². The minimum Gasteiger partial charge on any atom is -0.289 e. The van der Waals surface area contributed by atoms with Crippen LogP contribution in [0, 0.1) is 5.41 Å². The van der Waals surface area contributed by atoms with Crippen molar-refractivity contribution in [3.8, 4) is 11.5 Å². The summed E-state index contributed by atoms with van der Waals surface area (Å²) in [5.74, 6) is 0.544. The number of H-pyrrole nitrogens is 1. The third-order valence-electron chi connectivity index (χ3n) is 2.63. The molecule has 2 aromatic rings. The van der Waals surface area contributed by atoms with Crippen LogP contribution in [0.1, 0.15) is 27.7 Å². The Morgan fingerprint density at radius 2 is 2.10 bits per heavy atom. The van der Waals surface area contributed by atoms with Gasteiger partial charge in [0.15, 0.2) is 5.82 Å². The molecule has 1 amide bonds. The van der Waals surface area contributed by atoms with Crippen LogP contribution in [-0.4, -0.2) is 26.1 Å². The van der Waals surface area contributed by atoms with Gasteiger partial charge in [-0.15, -0.1) is 5.10 Å². The van der Waals surface area contributed by atoms with Gasteiger partial charge in [0.1, 0.15) is 5.69 Å². The molecule has 0 spiro atoms. The molecule has 2 heterocycles. The number of anilines is 1. The Morgan fingerprint density at radius 3 is 2.71 bits per heavy atom. The van der Waals surface area contributed by atoms with Gasteiger partial charge in [-0.05, 0) is 24.5 Å². The lowest BCUT2D eigenvalue weighted by molar-refractivity contribution is -0.112. The molecule has 0 aromatic carbocycles. The molecule has 2 N–H and O–H groups in total. The summed E-state index contributed by atoms with van der Waals surface area (Å²) in [5.41, 5.74) is 1.25. The predicted molar refractivity (Wildman–Crippen MR) is 81.5 cm³/mol. The van der Waals surface area contributed by atoms with Gasteiger partial charge in [0.2, 0.25) is 5.95 Å². The number of hydrogen-bond acceptors (Lipinski definition) is 4. The maximum Gasteiger partial charge on any atom is 0.253 e. The smallest absolute Gasteiger partial charge is 0.253 e. The number of pyridine rings is 1. The van der Waals surface area contributed by atoms with Gasteiger partial charge < -0.3 is 0 Å². The van der Waals surface area contributed by atoms with Gasteiger partial charge >= 0.3 is 0 Å². The fraction of sp³-hybridized carbons (Fsp3) is 0.333. The fourth-order valence-electron chi connectivity index (χ4n) is 1.85. The highest BCUT2D eigenvalue weighted by Crippen LogP contribution is 2.18. The van der Waals surface area contributed by atoms with Gasteiger partial charge in [-0.3, -0.25) is 20.2 Å². The van der Waals surface area contributed by atoms with E-state index in [1.165, 1.54) is 0 Å². The molecule has 6 heteroatoms. The maximum absolute atomic E-state index is 12.0. The van der Waals surface area contributed by atoms with E-state index in [1.54, 1.807) is 13.1 Å². The highest BCUT2D eigenvalue weighted by molar-refractivity contribution is 6.02. The SMILES string of the molecule is CC(=CC(C)(C)C)C(=O)Nc1n[nH]c(-c2ccccn2)n1. The molecule has 0 unspecified atom stereocenters. The number of nitrogens with one attached hydrogen (secondary N) is 2. The van der Waals surface area contributed by atoms with Crippen LogP contribution >= 0.6 is 0 Å². The van der Waals surface area contributed by atoms with Crippen LogP contribution in [0.5, 0.6) is 0 Å². The number of carbonyl (C=O) groups is 1. The zero-order valence-electron chi connectivity index (χ0n) is 12.6. The van der Waals surface area contributed by atoms with Crippen molar-refractivity contribution < 1.29 is 4.79 Å². The number of aromatic amines is 1. The number of amides is 1. The Labute approximate surface area is 123 Å². The molecule has 2 aromatic heterocycles. The van der Waals surface area contributed by atoms with E-state index >= 15 is 0 Å². The lowest BCUT2D eigenvalue weighted by Gasteiger charge is -2.13. The minimum atomic E-state index is -0.212. The zero-order valence-corrected chi connectivity index (χ0v) is 12.6. The molecule has 0 aliphatic rings. The summed E-state index contributed by atoms with van der Waals surface area (Å²) in [4.78, 5) is 20.4. The Bertz CT molecular complexity index is 652. The molecular weight excluding hydrogens is 266 g/mol. The molecule has 0 aliphatic carbocycles. The number of rotatable bonds is 3. The minimum absolute atomic E-state index is 0.0560. The number of aromatic nitrogens is 4. The zero-order chi connectivity index (χ0) is 15.5. The second-order valence-corrected chi connectivity index (χ2v) is 5.87. The standard InChI is InChI=1S/C15H19N5O/c1-10(9-15(2,3)4)13(21)18-14-17-12(19-20-14)11-7-5-6-8-16-11/h5-9H,1-4H3,(H2,17,18,19,20,21). The first-order valence-corrected chi connectivity index (χ1v) is 6.70. The lowest BCUT2D eigenvalue weighted by atomic mass is 9.94. The van der Waals surface area contributed by atoms with E-state index in [1.807, 2.05) is 45.0 Å². The van der Waals surface area contributed by atoms with Crippen LogP contribution < -0.4 is 5.32 Å². The molecule has 0 radical (unpaired) electrons. The van der Waals surface area contributed by atoms with Crippen molar-refractivity contribution in [2.45, 2.75) is 27.7 Å². The summed E-state index contributed by atoms with van der Waals surface area (Å²) in [6.45, 7) is 7.88. The summed E-state index contributed by atoms with van der Waals surface area (Å²) in [5, 5.41) is 9.40. The van der Waals surface area contributed by atoms with Crippen molar-refractivity contribution in [2.75, 3.05) is 5.32 Å². The Hall–Kier alpha value is -2.50. The van der Waals surface area contributed by atoms with E-state index in [4.69, 9.17) is 0 Å². The van der Waals surface area contributed by atoms with Crippen LogP contribution in [-0.2, 0) is 4.79 Å². The first kappa shape index (κ1) is 14.9. The summed E-state index contributed by atoms with van der Waals surface area (Å²) >= 11 is 0. The molecule has 0 atom stereocenters. The van der Waals surface area contributed by atoms with Crippen LogP contribution in [0.2, 0.25) is 0 Å². The average molecular weight is 285 g/mol. The van der Waals surface area contributed by atoms with Crippen molar-refractivity contribution in [1.29, 1.82) is 0 Å². The summed E-state index contributed by atoms with van der Waals surface area (Å²) in [7, 11) is 0. The Morgan fingerprint density at radius 1 is 1.33 bits per heavy atom. The van der Waals surface area contributed by atoms with Crippen molar-refractivity contribution in [3.63, 3.8) is 0 Å². The Kier molecular flexibility index (Phi) is 4.16. The summed E-state index contributed by atoms with van der Waals surface area (Å²) in [6.07, 6.45) is 3.58. The highest BCUT2D eigenvalue weighted by atomic mass is 16.1. The molecule has 0 bridgehead atoms. The van der Waals surface area contributed by atoms with Crippen molar-refractivity contribution in [2.24, 2.45) is 5.41 Å². The molecule has 2 rings (SSSR count). The van der Waals surface area contributed by atoms with E-state index in [-0.39, 0.29) is 17.3 Å². The van der Waals surface area contributed by atoms with Crippen molar-refractivity contribution in [3.05, 3.63) is 36.0 Å². The first-order valence-electron chi connectivity index (χ1n) is 6.70. The molecule has 0 saturated carbocycles. The van der Waals surface area contributed by atoms with E-state index < -0.39 is 0 Å². The van der Waals surface area contributed by atoms with Crippen molar-refractivity contribution in [1.82, 2.24) is 20.2 Å². The van der Waals surface area contributed by atoms with E-state index in [0.717, 1.165) is 0 Å². The van der Waals surface area contributed by atoms with Crippen LogP contribution in [0.3, 0.4) is 0 Å². The molecular formula is C15H19N5O. The maximum atomic E-state index is 12.0. The lowest BCUT2D eigenvalue weighted by Crippen LogP contribution is -2.15.